The third kappa shape index (κ3) is 5.08. The number of halogens is 2. The van der Waals surface area contributed by atoms with Crippen molar-refractivity contribution < 1.29 is 19.1 Å². The molecule has 0 fully saturated rings. The summed E-state index contributed by atoms with van der Waals surface area (Å²) < 4.78 is 6.65. The Labute approximate surface area is 210 Å². The van der Waals surface area contributed by atoms with Gasteiger partial charge in [-0.25, -0.2) is 4.68 Å². The molecule has 1 heterocycles. The monoisotopic (exact) mass is 510 g/mol. The van der Waals surface area contributed by atoms with Crippen molar-refractivity contribution in [1.29, 1.82) is 0 Å². The largest absolute Gasteiger partial charge is 0.494 e. The number of aromatic nitrogens is 1. The van der Waals surface area contributed by atoms with Crippen LogP contribution in [0.5, 0.6) is 5.75 Å². The molecule has 0 aliphatic rings. The van der Waals surface area contributed by atoms with Crippen LogP contribution in [0.15, 0.2) is 66.7 Å². The zero-order valence-corrected chi connectivity index (χ0v) is 20.2. The van der Waals surface area contributed by atoms with E-state index < -0.39 is 17.7 Å². The van der Waals surface area contributed by atoms with Gasteiger partial charge in [-0.05, 0) is 55.0 Å². The second kappa shape index (κ2) is 10.1. The first-order valence-corrected chi connectivity index (χ1v) is 11.2. The smallest absolute Gasteiger partial charge is 0.328 e. The van der Waals surface area contributed by atoms with Crippen molar-refractivity contribution in [3.8, 4) is 5.75 Å². The van der Waals surface area contributed by atoms with Gasteiger partial charge in [0.05, 0.1) is 7.11 Å². The Morgan fingerprint density at radius 2 is 1.63 bits per heavy atom. The first-order chi connectivity index (χ1) is 16.8. The molecule has 0 atom stereocenters. The molecule has 0 saturated carbocycles. The third-order valence-corrected chi connectivity index (χ3v) is 5.90. The number of fused-ring (bicyclic) bond motifs is 1. The lowest BCUT2D eigenvalue weighted by Crippen LogP contribution is -2.36. The van der Waals surface area contributed by atoms with E-state index in [9.17, 15) is 14.4 Å². The van der Waals surface area contributed by atoms with E-state index in [-0.39, 0.29) is 5.69 Å². The fourth-order valence-corrected chi connectivity index (χ4v) is 3.88. The predicted octanol–water partition coefficient (Wildman–Crippen LogP) is 5.23. The molecule has 3 N–H and O–H groups in total. The predicted molar refractivity (Wildman–Crippen MR) is 137 cm³/mol. The van der Waals surface area contributed by atoms with E-state index in [0.717, 1.165) is 0 Å². The molecule has 178 valence electrons. The summed E-state index contributed by atoms with van der Waals surface area (Å²) in [5.41, 5.74) is 4.46. The summed E-state index contributed by atoms with van der Waals surface area (Å²) in [5, 5.41) is 6.80. The van der Waals surface area contributed by atoms with Crippen molar-refractivity contribution in [2.75, 3.05) is 23.2 Å². The highest BCUT2D eigenvalue weighted by Crippen LogP contribution is 2.29. The van der Waals surface area contributed by atoms with Crippen molar-refractivity contribution in [3.63, 3.8) is 0 Å². The number of methoxy groups -OCH3 is 1. The van der Waals surface area contributed by atoms with Gasteiger partial charge in [-0.2, -0.15) is 0 Å². The highest BCUT2D eigenvalue weighted by Gasteiger charge is 2.23. The average molecular weight is 511 g/mol. The molecule has 0 spiro atoms. The number of nitrogens with zero attached hydrogens (tertiary/aromatic N) is 1. The number of hydrogen-bond donors (Lipinski definition) is 3. The van der Waals surface area contributed by atoms with Gasteiger partial charge in [0.1, 0.15) is 17.0 Å². The van der Waals surface area contributed by atoms with Gasteiger partial charge in [0.2, 0.25) is 0 Å². The van der Waals surface area contributed by atoms with E-state index in [4.69, 9.17) is 27.9 Å². The van der Waals surface area contributed by atoms with Crippen LogP contribution >= 0.6 is 23.2 Å². The molecule has 3 aromatic carbocycles. The number of carbonyl (C=O) groups is 3. The zero-order valence-electron chi connectivity index (χ0n) is 18.7. The lowest BCUT2D eigenvalue weighted by Gasteiger charge is -2.14. The van der Waals surface area contributed by atoms with E-state index in [1.165, 1.54) is 11.8 Å². The van der Waals surface area contributed by atoms with Crippen molar-refractivity contribution in [2.24, 2.45) is 0 Å². The molecule has 35 heavy (non-hydrogen) atoms. The van der Waals surface area contributed by atoms with E-state index in [0.29, 0.717) is 43.6 Å². The highest BCUT2D eigenvalue weighted by atomic mass is 35.5. The van der Waals surface area contributed by atoms with Crippen LogP contribution in [0.25, 0.3) is 10.9 Å². The zero-order chi connectivity index (χ0) is 25.1. The molecule has 0 radical (unpaired) electrons. The number of nitrogens with one attached hydrogen (secondary N) is 3. The van der Waals surface area contributed by atoms with Gasteiger partial charge in [-0.3, -0.25) is 19.8 Å². The number of anilines is 2. The Kier molecular flexibility index (Phi) is 6.95. The first kappa shape index (κ1) is 24.1. The summed E-state index contributed by atoms with van der Waals surface area (Å²) in [4.78, 5) is 38.7. The Hall–Kier alpha value is -4.01. The van der Waals surface area contributed by atoms with Crippen molar-refractivity contribution >= 4 is 63.2 Å². The van der Waals surface area contributed by atoms with Gasteiger partial charge in [0.25, 0.3) is 5.91 Å². The van der Waals surface area contributed by atoms with Gasteiger partial charge >= 0.3 is 11.8 Å². The number of benzene rings is 3. The lowest BCUT2D eigenvalue weighted by molar-refractivity contribution is -0.133. The number of ether oxygens (including phenoxy) is 1. The molecule has 0 unspecified atom stereocenters. The molecular formula is C25H20Cl2N4O4. The lowest BCUT2D eigenvalue weighted by atomic mass is 10.2. The number of carbonyl (C=O) groups excluding carboxylic acids is 3. The quantitative estimate of drug-likeness (QED) is 0.320. The van der Waals surface area contributed by atoms with Crippen LogP contribution in [0.1, 0.15) is 16.1 Å². The molecule has 0 aliphatic heterocycles. The number of amides is 3. The molecule has 10 heteroatoms. The van der Waals surface area contributed by atoms with Crippen LogP contribution in [-0.4, -0.2) is 29.5 Å². The van der Waals surface area contributed by atoms with Crippen LogP contribution in [0.4, 0.5) is 11.4 Å². The van der Waals surface area contributed by atoms with Crippen LogP contribution in [-0.2, 0) is 9.59 Å². The Balaban J connectivity index is 1.68. The molecule has 8 nitrogen and oxygen atoms in total. The Bertz CT molecular complexity index is 1470. The van der Waals surface area contributed by atoms with E-state index in [2.05, 4.69) is 16.1 Å². The minimum absolute atomic E-state index is 0.0737. The highest BCUT2D eigenvalue weighted by molar-refractivity contribution is 6.43. The maximum Gasteiger partial charge on any atom is 0.328 e. The minimum Gasteiger partial charge on any atom is -0.494 e. The fourth-order valence-electron chi connectivity index (χ4n) is 3.51. The third-order valence-electron chi connectivity index (χ3n) is 5.26. The van der Waals surface area contributed by atoms with Gasteiger partial charge in [-0.15, -0.1) is 0 Å². The average Bonchev–Trinajstić information content (AvgIpc) is 3.20. The van der Waals surface area contributed by atoms with Gasteiger partial charge in [0, 0.05) is 26.8 Å². The first-order valence-electron chi connectivity index (χ1n) is 10.4. The van der Waals surface area contributed by atoms with E-state index in [1.54, 1.807) is 73.7 Å². The molecule has 4 aromatic rings. The van der Waals surface area contributed by atoms with Crippen LogP contribution < -0.4 is 20.8 Å². The summed E-state index contributed by atoms with van der Waals surface area (Å²) >= 11 is 12.1. The fraction of sp³-hybridized carbons (Fsp3) is 0.0800. The van der Waals surface area contributed by atoms with Gasteiger partial charge in [0.15, 0.2) is 0 Å². The van der Waals surface area contributed by atoms with Crippen LogP contribution in [0.3, 0.4) is 0 Å². The Morgan fingerprint density at radius 1 is 0.886 bits per heavy atom. The van der Waals surface area contributed by atoms with E-state index >= 15 is 0 Å². The summed E-state index contributed by atoms with van der Waals surface area (Å²) in [5.74, 6) is -2.06. The summed E-state index contributed by atoms with van der Waals surface area (Å²) in [6.07, 6.45) is 0. The SMILES string of the molecule is COc1cccc2cc(C(=O)Nc3cccc(Cl)c3)n(NC(=O)C(=O)Nc3cccc(Cl)c3C)c12. The van der Waals surface area contributed by atoms with Gasteiger partial charge in [-0.1, -0.05) is 47.5 Å². The maximum atomic E-state index is 13.2. The normalized spacial score (nSPS) is 10.6. The number of para-hydroxylation sites is 1. The van der Waals surface area contributed by atoms with Crippen molar-refractivity contribution in [2.45, 2.75) is 6.92 Å². The summed E-state index contributed by atoms with van der Waals surface area (Å²) in [6.45, 7) is 1.72. The topological polar surface area (TPSA) is 101 Å². The minimum atomic E-state index is -0.996. The summed E-state index contributed by atoms with van der Waals surface area (Å²) in [6, 6.07) is 18.4. The molecule has 1 aromatic heterocycles. The number of rotatable bonds is 5. The molecular weight excluding hydrogens is 491 g/mol. The standard InChI is InChI=1S/C25H20Cl2N4O4/c1-14-18(27)9-5-10-19(14)29-24(33)25(34)30-31-20(12-15-6-3-11-21(35-2)22(15)31)23(32)28-17-8-4-7-16(26)13-17/h3-13H,1-2H3,(H,28,32)(H,29,33)(H,30,34). The van der Waals surface area contributed by atoms with Crippen molar-refractivity contribution in [3.05, 3.63) is 88.0 Å². The molecule has 0 saturated heterocycles. The second-order valence-electron chi connectivity index (χ2n) is 7.54. The summed E-state index contributed by atoms with van der Waals surface area (Å²) in [7, 11) is 1.47. The Morgan fingerprint density at radius 3 is 2.37 bits per heavy atom. The molecule has 0 bridgehead atoms. The van der Waals surface area contributed by atoms with E-state index in [1.807, 2.05) is 0 Å². The molecule has 0 aliphatic carbocycles. The van der Waals surface area contributed by atoms with Crippen molar-refractivity contribution in [1.82, 2.24) is 4.68 Å². The maximum absolute atomic E-state index is 13.2. The van der Waals surface area contributed by atoms with Crippen LogP contribution in [0, 0.1) is 6.92 Å². The van der Waals surface area contributed by atoms with Gasteiger partial charge < -0.3 is 15.4 Å². The second-order valence-corrected chi connectivity index (χ2v) is 8.38. The number of hydrogen-bond acceptors (Lipinski definition) is 4. The molecule has 3 amide bonds. The van der Waals surface area contributed by atoms with Crippen LogP contribution in [0.2, 0.25) is 10.0 Å². The molecule has 4 rings (SSSR count).